The number of hydrogen-bond donors (Lipinski definition) is 3. The third-order valence-electron chi connectivity index (χ3n) is 3.30. The van der Waals surface area contributed by atoms with Gasteiger partial charge in [0, 0.05) is 11.1 Å². The fraction of sp³-hybridized carbons (Fsp3) is 0.0588. The molecule has 0 fully saturated rings. The molecule has 112 valence electrons. The number of aromatic hydroxyl groups is 1. The summed E-state index contributed by atoms with van der Waals surface area (Å²) in [4.78, 5) is 22.1. The predicted octanol–water partition coefficient (Wildman–Crippen LogP) is 3.18. The molecule has 0 amide bonds. The number of carboxylic acid groups (broad SMARTS) is 2. The lowest BCUT2D eigenvalue weighted by molar-refractivity contribution is 0.0685. The van der Waals surface area contributed by atoms with Crippen LogP contribution in [0.3, 0.4) is 0 Å². The molecule has 2 aromatic rings. The molecule has 3 N–H and O–H groups in total. The molecular formula is C17H14O5. The molecule has 5 nitrogen and oxygen atoms in total. The largest absolute Gasteiger partial charge is 0.507 e. The number of rotatable bonds is 5. The molecule has 0 aromatic heterocycles. The number of benzene rings is 2. The number of phenolic OH excluding ortho intramolecular Hbond substituents is 1. The topological polar surface area (TPSA) is 94.8 Å². The van der Waals surface area contributed by atoms with Gasteiger partial charge in [0.1, 0.15) is 5.75 Å². The van der Waals surface area contributed by atoms with Gasteiger partial charge in [-0.05, 0) is 36.2 Å². The number of allylic oxidation sites excluding steroid dienone is 1. The Labute approximate surface area is 126 Å². The van der Waals surface area contributed by atoms with Gasteiger partial charge < -0.3 is 15.3 Å². The van der Waals surface area contributed by atoms with Crippen LogP contribution in [0, 0.1) is 0 Å². The second kappa shape index (κ2) is 6.13. The van der Waals surface area contributed by atoms with Crippen molar-refractivity contribution < 1.29 is 24.9 Å². The van der Waals surface area contributed by atoms with Crippen molar-refractivity contribution in [1.29, 1.82) is 0 Å². The van der Waals surface area contributed by atoms with Gasteiger partial charge in [0.05, 0.1) is 11.1 Å². The molecule has 0 bridgehead atoms. The summed E-state index contributed by atoms with van der Waals surface area (Å²) in [5.74, 6) is -2.30. The molecule has 0 aliphatic heterocycles. The first-order chi connectivity index (χ1) is 10.5. The molecule has 0 saturated heterocycles. The van der Waals surface area contributed by atoms with Crippen molar-refractivity contribution in [1.82, 2.24) is 0 Å². The van der Waals surface area contributed by atoms with Crippen LogP contribution in [0.4, 0.5) is 0 Å². The number of carbonyl (C=O) groups is 2. The quantitative estimate of drug-likeness (QED) is 0.737. The second-order valence-electron chi connectivity index (χ2n) is 4.67. The maximum absolute atomic E-state index is 11.2. The number of aromatic carboxylic acids is 2. The number of hydrogen-bond acceptors (Lipinski definition) is 3. The van der Waals surface area contributed by atoms with Gasteiger partial charge in [0.2, 0.25) is 0 Å². The highest BCUT2D eigenvalue weighted by Crippen LogP contribution is 2.35. The van der Waals surface area contributed by atoms with E-state index in [1.54, 1.807) is 12.1 Å². The van der Waals surface area contributed by atoms with Gasteiger partial charge in [-0.1, -0.05) is 18.2 Å². The Bertz CT molecular complexity index is 744. The number of phenols is 1. The maximum Gasteiger partial charge on any atom is 0.336 e. The van der Waals surface area contributed by atoms with Crippen molar-refractivity contribution in [3.63, 3.8) is 0 Å². The summed E-state index contributed by atoms with van der Waals surface area (Å²) in [5, 5.41) is 28.4. The van der Waals surface area contributed by atoms with Crippen LogP contribution in [0.2, 0.25) is 0 Å². The van der Waals surface area contributed by atoms with E-state index in [1.165, 1.54) is 30.3 Å². The van der Waals surface area contributed by atoms with E-state index in [4.69, 9.17) is 10.2 Å². The van der Waals surface area contributed by atoms with Crippen LogP contribution < -0.4 is 0 Å². The Morgan fingerprint density at radius 3 is 2.14 bits per heavy atom. The van der Waals surface area contributed by atoms with Gasteiger partial charge in [-0.2, -0.15) is 0 Å². The van der Waals surface area contributed by atoms with Gasteiger partial charge in [0.15, 0.2) is 0 Å². The minimum Gasteiger partial charge on any atom is -0.507 e. The summed E-state index contributed by atoms with van der Waals surface area (Å²) >= 11 is 0. The van der Waals surface area contributed by atoms with E-state index in [0.29, 0.717) is 11.1 Å². The predicted molar refractivity (Wildman–Crippen MR) is 81.4 cm³/mol. The monoisotopic (exact) mass is 298 g/mol. The summed E-state index contributed by atoms with van der Waals surface area (Å²) in [6.45, 7) is 3.56. The van der Waals surface area contributed by atoms with E-state index in [9.17, 15) is 14.7 Å². The third kappa shape index (κ3) is 2.83. The Morgan fingerprint density at radius 2 is 1.64 bits per heavy atom. The average Bonchev–Trinajstić information content (AvgIpc) is 2.49. The summed E-state index contributed by atoms with van der Waals surface area (Å²) in [6, 6.07) is 8.90. The molecule has 0 unspecified atom stereocenters. The van der Waals surface area contributed by atoms with Gasteiger partial charge in [-0.25, -0.2) is 9.59 Å². The van der Waals surface area contributed by atoms with Crippen molar-refractivity contribution in [2.75, 3.05) is 0 Å². The number of carboxylic acids is 2. The zero-order valence-electron chi connectivity index (χ0n) is 11.6. The Hall–Kier alpha value is -3.08. The van der Waals surface area contributed by atoms with E-state index in [-0.39, 0.29) is 28.9 Å². The fourth-order valence-corrected chi connectivity index (χ4v) is 2.21. The second-order valence-corrected chi connectivity index (χ2v) is 4.67. The molecule has 0 atom stereocenters. The first-order valence-electron chi connectivity index (χ1n) is 6.48. The molecule has 2 aromatic carbocycles. The van der Waals surface area contributed by atoms with E-state index < -0.39 is 11.9 Å². The van der Waals surface area contributed by atoms with Crippen LogP contribution in [0.15, 0.2) is 49.1 Å². The van der Waals surface area contributed by atoms with Crippen LogP contribution in [-0.2, 0) is 6.42 Å². The summed E-state index contributed by atoms with van der Waals surface area (Å²) in [5.41, 5.74) is 1.48. The van der Waals surface area contributed by atoms with Crippen LogP contribution in [0.5, 0.6) is 5.75 Å². The van der Waals surface area contributed by atoms with Gasteiger partial charge in [-0.15, -0.1) is 6.58 Å². The van der Waals surface area contributed by atoms with Crippen LogP contribution in [0.25, 0.3) is 11.1 Å². The van der Waals surface area contributed by atoms with Crippen molar-refractivity contribution in [2.45, 2.75) is 6.42 Å². The van der Waals surface area contributed by atoms with E-state index in [1.807, 2.05) is 0 Å². The normalized spacial score (nSPS) is 10.2. The van der Waals surface area contributed by atoms with E-state index in [2.05, 4.69) is 6.58 Å². The first kappa shape index (κ1) is 15.3. The minimum atomic E-state index is -1.13. The summed E-state index contributed by atoms with van der Waals surface area (Å²) in [6.07, 6.45) is 1.73. The molecule has 0 radical (unpaired) electrons. The fourth-order valence-electron chi connectivity index (χ4n) is 2.21. The standard InChI is InChI=1S/C17H14O5/c1-2-3-13-14(17(21)22)9-8-12(15(13)18)10-4-6-11(7-5-10)16(19)20/h2,4-9,18H,1,3H2,(H,19,20)(H,21,22). The molecule has 22 heavy (non-hydrogen) atoms. The van der Waals surface area contributed by atoms with Crippen LogP contribution in [0.1, 0.15) is 26.3 Å². The van der Waals surface area contributed by atoms with Gasteiger partial charge >= 0.3 is 11.9 Å². The van der Waals surface area contributed by atoms with E-state index >= 15 is 0 Å². The van der Waals surface area contributed by atoms with Crippen molar-refractivity contribution in [3.8, 4) is 16.9 Å². The maximum atomic E-state index is 11.2. The molecule has 0 saturated carbocycles. The minimum absolute atomic E-state index is 0.0170. The van der Waals surface area contributed by atoms with Crippen molar-refractivity contribution in [2.24, 2.45) is 0 Å². The lowest BCUT2D eigenvalue weighted by atomic mass is 9.95. The zero-order chi connectivity index (χ0) is 16.3. The molecule has 5 heteroatoms. The van der Waals surface area contributed by atoms with Gasteiger partial charge in [0.25, 0.3) is 0 Å². The average molecular weight is 298 g/mol. The highest BCUT2D eigenvalue weighted by molar-refractivity contribution is 5.93. The molecule has 0 aliphatic carbocycles. The zero-order valence-corrected chi connectivity index (χ0v) is 11.6. The third-order valence-corrected chi connectivity index (χ3v) is 3.30. The van der Waals surface area contributed by atoms with Gasteiger partial charge in [-0.3, -0.25) is 0 Å². The molecule has 0 heterocycles. The van der Waals surface area contributed by atoms with Crippen molar-refractivity contribution in [3.05, 3.63) is 65.7 Å². The molecule has 2 rings (SSSR count). The summed E-state index contributed by atoms with van der Waals surface area (Å²) < 4.78 is 0. The first-order valence-corrected chi connectivity index (χ1v) is 6.48. The van der Waals surface area contributed by atoms with Crippen LogP contribution >= 0.6 is 0 Å². The SMILES string of the molecule is C=CCc1c(C(=O)O)ccc(-c2ccc(C(=O)O)cc2)c1O. The summed E-state index contributed by atoms with van der Waals surface area (Å²) in [7, 11) is 0. The Balaban J connectivity index is 2.56. The Morgan fingerprint density at radius 1 is 1.00 bits per heavy atom. The lowest BCUT2D eigenvalue weighted by Crippen LogP contribution is -2.03. The highest BCUT2D eigenvalue weighted by atomic mass is 16.4. The molecular weight excluding hydrogens is 284 g/mol. The highest BCUT2D eigenvalue weighted by Gasteiger charge is 2.17. The lowest BCUT2D eigenvalue weighted by Gasteiger charge is -2.12. The van der Waals surface area contributed by atoms with E-state index in [0.717, 1.165) is 0 Å². The van der Waals surface area contributed by atoms with Crippen molar-refractivity contribution >= 4 is 11.9 Å². The smallest absolute Gasteiger partial charge is 0.336 e. The van der Waals surface area contributed by atoms with Crippen LogP contribution in [-0.4, -0.2) is 27.3 Å². The Kier molecular flexibility index (Phi) is 4.27. The molecule has 0 aliphatic rings. The molecule has 0 spiro atoms.